The number of sulfonamides is 1. The number of rotatable bonds is 4. The smallest absolute Gasteiger partial charge is 0.307 e. The molecule has 1 saturated heterocycles. The molecule has 1 aliphatic heterocycles. The standard InChI is InChI=1S/C13H15N5O4S/c19-13(20)10-3-2-6-17(8-10)23(21,22)12-5-1-4-11(7-12)18-9-14-15-16-18/h1,4-5,7,9-10H,2-3,6,8H2,(H,19,20). The van der Waals surface area contributed by atoms with Crippen molar-refractivity contribution in [3.63, 3.8) is 0 Å². The summed E-state index contributed by atoms with van der Waals surface area (Å²) in [6, 6.07) is 6.23. The maximum Gasteiger partial charge on any atom is 0.307 e. The van der Waals surface area contributed by atoms with Crippen LogP contribution in [0.15, 0.2) is 35.5 Å². The highest BCUT2D eigenvalue weighted by molar-refractivity contribution is 7.89. The largest absolute Gasteiger partial charge is 0.481 e. The molecule has 0 saturated carbocycles. The molecule has 0 aliphatic carbocycles. The van der Waals surface area contributed by atoms with Crippen LogP contribution in [0.25, 0.3) is 5.69 Å². The quantitative estimate of drug-likeness (QED) is 0.843. The second kappa shape index (κ2) is 6.05. The maximum atomic E-state index is 12.7. The summed E-state index contributed by atoms with van der Waals surface area (Å²) in [6.45, 7) is 0.313. The average molecular weight is 337 g/mol. The van der Waals surface area contributed by atoms with Crippen LogP contribution in [-0.2, 0) is 14.8 Å². The topological polar surface area (TPSA) is 118 Å². The van der Waals surface area contributed by atoms with E-state index in [1.165, 1.54) is 27.4 Å². The SMILES string of the molecule is O=C(O)C1CCCN(S(=O)(=O)c2cccc(-n3cnnn3)c2)C1. The predicted molar refractivity (Wildman–Crippen MR) is 78.3 cm³/mol. The summed E-state index contributed by atoms with van der Waals surface area (Å²) in [7, 11) is -3.75. The van der Waals surface area contributed by atoms with Crippen molar-refractivity contribution in [2.45, 2.75) is 17.7 Å². The molecule has 23 heavy (non-hydrogen) atoms. The van der Waals surface area contributed by atoms with Gasteiger partial charge in [0.15, 0.2) is 0 Å². The van der Waals surface area contributed by atoms with Crippen LogP contribution >= 0.6 is 0 Å². The molecule has 1 aliphatic rings. The van der Waals surface area contributed by atoms with Crippen molar-refractivity contribution >= 4 is 16.0 Å². The molecule has 1 unspecified atom stereocenters. The van der Waals surface area contributed by atoms with Crippen molar-refractivity contribution in [3.05, 3.63) is 30.6 Å². The fourth-order valence-electron chi connectivity index (χ4n) is 2.58. The number of nitrogens with zero attached hydrogens (tertiary/aromatic N) is 5. The molecular formula is C13H15N5O4S. The molecular weight excluding hydrogens is 322 g/mol. The molecule has 1 aromatic carbocycles. The van der Waals surface area contributed by atoms with Crippen molar-refractivity contribution < 1.29 is 18.3 Å². The molecule has 122 valence electrons. The van der Waals surface area contributed by atoms with E-state index in [0.29, 0.717) is 25.1 Å². The lowest BCUT2D eigenvalue weighted by Gasteiger charge is -2.29. The van der Waals surface area contributed by atoms with Gasteiger partial charge in [0, 0.05) is 13.1 Å². The molecule has 1 N–H and O–H groups in total. The van der Waals surface area contributed by atoms with E-state index in [9.17, 15) is 13.2 Å². The molecule has 0 radical (unpaired) electrons. The van der Waals surface area contributed by atoms with Gasteiger partial charge in [0.2, 0.25) is 10.0 Å². The summed E-state index contributed by atoms with van der Waals surface area (Å²) in [5, 5.41) is 19.9. The average Bonchev–Trinajstić information content (AvgIpc) is 3.09. The van der Waals surface area contributed by atoms with Gasteiger partial charge in [0.05, 0.1) is 16.5 Å². The highest BCUT2D eigenvalue weighted by atomic mass is 32.2. The van der Waals surface area contributed by atoms with Crippen molar-refractivity contribution in [2.75, 3.05) is 13.1 Å². The van der Waals surface area contributed by atoms with Gasteiger partial charge >= 0.3 is 5.97 Å². The molecule has 0 amide bonds. The number of piperidine rings is 1. The Hall–Kier alpha value is -2.33. The normalized spacial score (nSPS) is 19.6. The second-order valence-corrected chi connectivity index (χ2v) is 7.23. The van der Waals surface area contributed by atoms with E-state index < -0.39 is 21.9 Å². The third-order valence-corrected chi connectivity index (χ3v) is 5.66. The highest BCUT2D eigenvalue weighted by Crippen LogP contribution is 2.25. The van der Waals surface area contributed by atoms with Gasteiger partial charge in [-0.3, -0.25) is 4.79 Å². The number of carboxylic acid groups (broad SMARTS) is 1. The maximum absolute atomic E-state index is 12.7. The Morgan fingerprint density at radius 3 is 2.87 bits per heavy atom. The van der Waals surface area contributed by atoms with E-state index in [1.807, 2.05) is 0 Å². The summed E-state index contributed by atoms with van der Waals surface area (Å²) in [5.74, 6) is -1.63. The van der Waals surface area contributed by atoms with E-state index in [-0.39, 0.29) is 11.4 Å². The number of carboxylic acids is 1. The van der Waals surface area contributed by atoms with Crippen LogP contribution in [0.4, 0.5) is 0 Å². The van der Waals surface area contributed by atoms with Crippen LogP contribution in [0.3, 0.4) is 0 Å². The number of tetrazole rings is 1. The first-order valence-electron chi connectivity index (χ1n) is 7.05. The fraction of sp³-hybridized carbons (Fsp3) is 0.385. The van der Waals surface area contributed by atoms with Gasteiger partial charge in [-0.1, -0.05) is 6.07 Å². The third-order valence-electron chi connectivity index (χ3n) is 3.80. The molecule has 2 aromatic rings. The van der Waals surface area contributed by atoms with Crippen LogP contribution in [0.2, 0.25) is 0 Å². The van der Waals surface area contributed by atoms with Gasteiger partial charge in [0.25, 0.3) is 0 Å². The van der Waals surface area contributed by atoms with E-state index in [0.717, 1.165) is 0 Å². The Bertz CT molecular complexity index is 806. The molecule has 3 rings (SSSR count). The Balaban J connectivity index is 1.91. The minimum Gasteiger partial charge on any atom is -0.481 e. The van der Waals surface area contributed by atoms with Crippen LogP contribution < -0.4 is 0 Å². The number of hydrogen-bond donors (Lipinski definition) is 1. The van der Waals surface area contributed by atoms with Crippen LogP contribution in [0, 0.1) is 5.92 Å². The minimum absolute atomic E-state index is 0.00717. The molecule has 9 nitrogen and oxygen atoms in total. The van der Waals surface area contributed by atoms with Gasteiger partial charge in [-0.15, -0.1) is 5.10 Å². The van der Waals surface area contributed by atoms with Gasteiger partial charge in [-0.05, 0) is 41.5 Å². The number of benzene rings is 1. The predicted octanol–water partition coefficient (Wildman–Crippen LogP) is 0.148. The number of carbonyl (C=O) groups is 1. The Labute approximate surface area is 132 Å². The third kappa shape index (κ3) is 3.08. The van der Waals surface area contributed by atoms with Gasteiger partial charge in [0.1, 0.15) is 6.33 Å². The van der Waals surface area contributed by atoms with Crippen molar-refractivity contribution in [2.24, 2.45) is 5.92 Å². The minimum atomic E-state index is -3.75. The lowest BCUT2D eigenvalue weighted by Crippen LogP contribution is -2.42. The first-order chi connectivity index (χ1) is 11.0. The lowest BCUT2D eigenvalue weighted by molar-refractivity contribution is -0.142. The van der Waals surface area contributed by atoms with E-state index in [1.54, 1.807) is 12.1 Å². The van der Waals surface area contributed by atoms with E-state index in [2.05, 4.69) is 15.5 Å². The molecule has 1 fully saturated rings. The van der Waals surface area contributed by atoms with Gasteiger partial charge in [-0.25, -0.2) is 13.1 Å². The summed E-state index contributed by atoms with van der Waals surface area (Å²) in [5.41, 5.74) is 0.517. The number of aromatic nitrogens is 4. The molecule has 2 heterocycles. The first kappa shape index (κ1) is 15.6. The lowest BCUT2D eigenvalue weighted by atomic mass is 10.0. The van der Waals surface area contributed by atoms with Crippen LogP contribution in [0.1, 0.15) is 12.8 Å². The van der Waals surface area contributed by atoms with Crippen molar-refractivity contribution in [1.82, 2.24) is 24.5 Å². The monoisotopic (exact) mass is 337 g/mol. The molecule has 1 atom stereocenters. The Morgan fingerprint density at radius 1 is 1.35 bits per heavy atom. The summed E-state index contributed by atoms with van der Waals surface area (Å²) in [6.07, 6.45) is 2.39. The zero-order valence-corrected chi connectivity index (χ0v) is 12.9. The molecule has 10 heteroatoms. The number of hydrogen-bond acceptors (Lipinski definition) is 6. The summed E-state index contributed by atoms with van der Waals surface area (Å²) >= 11 is 0. The molecule has 0 spiro atoms. The van der Waals surface area contributed by atoms with E-state index >= 15 is 0 Å². The highest BCUT2D eigenvalue weighted by Gasteiger charge is 2.33. The molecule has 0 bridgehead atoms. The summed E-state index contributed by atoms with van der Waals surface area (Å²) in [4.78, 5) is 11.2. The number of aliphatic carboxylic acids is 1. The first-order valence-corrected chi connectivity index (χ1v) is 8.49. The zero-order valence-electron chi connectivity index (χ0n) is 12.1. The zero-order chi connectivity index (χ0) is 16.4. The molecule has 1 aromatic heterocycles. The van der Waals surface area contributed by atoms with Gasteiger partial charge < -0.3 is 5.11 Å². The van der Waals surface area contributed by atoms with Crippen LogP contribution in [-0.4, -0.2) is 57.1 Å². The van der Waals surface area contributed by atoms with Gasteiger partial charge in [-0.2, -0.15) is 4.31 Å². The fourth-order valence-corrected chi connectivity index (χ4v) is 4.14. The summed E-state index contributed by atoms with van der Waals surface area (Å²) < 4.78 is 28.1. The Kier molecular flexibility index (Phi) is 4.09. The second-order valence-electron chi connectivity index (χ2n) is 5.29. The van der Waals surface area contributed by atoms with Crippen molar-refractivity contribution in [3.8, 4) is 5.69 Å². The van der Waals surface area contributed by atoms with E-state index in [4.69, 9.17) is 5.11 Å². The van der Waals surface area contributed by atoms with Crippen LogP contribution in [0.5, 0.6) is 0 Å². The Morgan fingerprint density at radius 2 is 2.17 bits per heavy atom. The van der Waals surface area contributed by atoms with Crippen molar-refractivity contribution in [1.29, 1.82) is 0 Å².